The second kappa shape index (κ2) is 9.60. The number of halogens is 1. The van der Waals surface area contributed by atoms with Crippen molar-refractivity contribution in [3.63, 3.8) is 0 Å². The van der Waals surface area contributed by atoms with E-state index < -0.39 is 0 Å². The summed E-state index contributed by atoms with van der Waals surface area (Å²) in [5.41, 5.74) is 2.91. The molecular formula is C28H28FN5O2. The molecule has 4 aromatic rings. The van der Waals surface area contributed by atoms with Crippen LogP contribution < -0.4 is 20.1 Å². The molecule has 2 fully saturated rings. The fraction of sp³-hybridized carbons (Fsp3) is 0.321. The fourth-order valence-corrected chi connectivity index (χ4v) is 5.21. The minimum absolute atomic E-state index is 0.191. The second-order valence-corrected chi connectivity index (χ2v) is 9.45. The Balaban J connectivity index is 1.20. The highest BCUT2D eigenvalue weighted by Crippen LogP contribution is 2.34. The molecule has 0 spiro atoms. The average Bonchev–Trinajstić information content (AvgIpc) is 3.43. The number of fused-ring (bicyclic) bond motifs is 1. The third-order valence-electron chi connectivity index (χ3n) is 7.15. The van der Waals surface area contributed by atoms with E-state index in [4.69, 9.17) is 4.74 Å². The van der Waals surface area contributed by atoms with E-state index >= 15 is 0 Å². The van der Waals surface area contributed by atoms with Gasteiger partial charge in [0.15, 0.2) is 0 Å². The van der Waals surface area contributed by atoms with Crippen LogP contribution in [0, 0.1) is 5.82 Å². The normalized spacial score (nSPS) is 16.6. The summed E-state index contributed by atoms with van der Waals surface area (Å²) >= 11 is 0. The lowest BCUT2D eigenvalue weighted by molar-refractivity contribution is 0.210. The molecule has 7 nitrogen and oxygen atoms in total. The van der Waals surface area contributed by atoms with E-state index in [0.29, 0.717) is 16.6 Å². The fourth-order valence-electron chi connectivity index (χ4n) is 5.21. The number of hydrogen-bond acceptors (Lipinski definition) is 6. The van der Waals surface area contributed by atoms with Gasteiger partial charge < -0.3 is 14.5 Å². The number of benzene rings is 3. The Morgan fingerprint density at radius 3 is 2.42 bits per heavy atom. The molecule has 8 heteroatoms. The first-order valence-corrected chi connectivity index (χ1v) is 12.6. The van der Waals surface area contributed by atoms with Gasteiger partial charge in [-0.3, -0.25) is 4.79 Å². The summed E-state index contributed by atoms with van der Waals surface area (Å²) in [4.78, 5) is 17.5. The maximum Gasteiger partial charge on any atom is 0.282 e. The van der Waals surface area contributed by atoms with E-state index in [0.717, 1.165) is 56.1 Å². The first-order chi connectivity index (χ1) is 17.7. The van der Waals surface area contributed by atoms with Crippen LogP contribution in [0.15, 0.2) is 71.5 Å². The molecule has 184 valence electrons. The second-order valence-electron chi connectivity index (χ2n) is 9.45. The van der Waals surface area contributed by atoms with Gasteiger partial charge in [-0.15, -0.1) is 5.10 Å². The van der Waals surface area contributed by atoms with Crippen molar-refractivity contribution in [3.05, 3.63) is 82.9 Å². The Morgan fingerprint density at radius 1 is 0.833 bits per heavy atom. The largest absolute Gasteiger partial charge is 0.488 e. The highest BCUT2D eigenvalue weighted by molar-refractivity contribution is 5.76. The molecule has 0 unspecified atom stereocenters. The minimum atomic E-state index is -0.249. The number of ether oxygens (including phenoxy) is 1. The molecular weight excluding hydrogens is 457 g/mol. The van der Waals surface area contributed by atoms with Gasteiger partial charge in [0.05, 0.1) is 22.9 Å². The van der Waals surface area contributed by atoms with Crippen LogP contribution in [0.4, 0.5) is 15.8 Å². The summed E-state index contributed by atoms with van der Waals surface area (Å²) < 4.78 is 21.8. The summed E-state index contributed by atoms with van der Waals surface area (Å²) in [7, 11) is 0. The number of aromatic nitrogens is 3. The zero-order chi connectivity index (χ0) is 24.5. The summed E-state index contributed by atoms with van der Waals surface area (Å²) in [6.07, 6.45) is 4.72. The molecule has 2 heterocycles. The van der Waals surface area contributed by atoms with E-state index in [1.54, 1.807) is 24.3 Å². The maximum absolute atomic E-state index is 14.2. The summed E-state index contributed by atoms with van der Waals surface area (Å²) in [5, 5.41) is 8.90. The quantitative estimate of drug-likeness (QED) is 0.413. The van der Waals surface area contributed by atoms with Crippen molar-refractivity contribution in [2.75, 3.05) is 36.0 Å². The molecule has 1 aliphatic carbocycles. The van der Waals surface area contributed by atoms with Crippen LogP contribution >= 0.6 is 0 Å². The molecule has 6 rings (SSSR count). The lowest BCUT2D eigenvalue weighted by Crippen LogP contribution is -2.46. The maximum atomic E-state index is 14.2. The molecule has 0 atom stereocenters. The van der Waals surface area contributed by atoms with Crippen LogP contribution in [0.2, 0.25) is 0 Å². The Hall–Kier alpha value is -3.94. The van der Waals surface area contributed by atoms with Gasteiger partial charge in [0.1, 0.15) is 17.1 Å². The van der Waals surface area contributed by atoms with E-state index in [9.17, 15) is 9.18 Å². The predicted octanol–water partition coefficient (Wildman–Crippen LogP) is 4.57. The number of piperazine rings is 1. The third kappa shape index (κ3) is 4.39. The summed E-state index contributed by atoms with van der Waals surface area (Å²) in [6.45, 7) is 3.01. The lowest BCUT2D eigenvalue weighted by atomic mass is 10.2. The van der Waals surface area contributed by atoms with Gasteiger partial charge in [-0.05, 0) is 68.1 Å². The molecule has 0 radical (unpaired) electrons. The SMILES string of the molecule is O=c1c2ccccc2nnn1-c1cccc(N2CCN(c3cc(F)ccc3OC3CCCC3)CC2)c1. The number of hydrogen-bond donors (Lipinski definition) is 0. The van der Waals surface area contributed by atoms with E-state index in [-0.39, 0.29) is 17.5 Å². The standard InChI is InChI=1S/C28H28FN5O2/c29-20-12-13-27(36-23-8-1-2-9-23)26(18-20)33-16-14-32(15-17-33)21-6-5-7-22(19-21)34-28(35)24-10-3-4-11-25(24)30-31-34/h3-7,10-13,18-19,23H,1-2,8-9,14-17H2. The van der Waals surface area contributed by atoms with Gasteiger partial charge in [0.25, 0.3) is 5.56 Å². The zero-order valence-corrected chi connectivity index (χ0v) is 20.0. The highest BCUT2D eigenvalue weighted by atomic mass is 19.1. The molecule has 2 aliphatic rings. The molecule has 0 bridgehead atoms. The molecule has 1 saturated carbocycles. The Kier molecular flexibility index (Phi) is 6.01. The Bertz CT molecular complexity index is 1440. The summed E-state index contributed by atoms with van der Waals surface area (Å²) in [5.74, 6) is 0.522. The number of anilines is 2. The van der Waals surface area contributed by atoms with Gasteiger partial charge in [0, 0.05) is 37.9 Å². The first-order valence-electron chi connectivity index (χ1n) is 12.6. The van der Waals surface area contributed by atoms with Crippen LogP contribution in [0.5, 0.6) is 5.75 Å². The van der Waals surface area contributed by atoms with Crippen molar-refractivity contribution in [3.8, 4) is 11.4 Å². The van der Waals surface area contributed by atoms with Crippen LogP contribution in [-0.4, -0.2) is 47.3 Å². The van der Waals surface area contributed by atoms with Crippen molar-refractivity contribution in [1.29, 1.82) is 0 Å². The molecule has 36 heavy (non-hydrogen) atoms. The smallest absolute Gasteiger partial charge is 0.282 e. The zero-order valence-electron chi connectivity index (χ0n) is 20.0. The molecule has 1 aromatic heterocycles. The molecule has 3 aromatic carbocycles. The summed E-state index contributed by atoms with van der Waals surface area (Å²) in [6, 6.07) is 19.9. The van der Waals surface area contributed by atoms with E-state index in [1.165, 1.54) is 23.6 Å². The van der Waals surface area contributed by atoms with E-state index in [2.05, 4.69) is 20.1 Å². The minimum Gasteiger partial charge on any atom is -0.488 e. The van der Waals surface area contributed by atoms with Gasteiger partial charge in [0.2, 0.25) is 0 Å². The number of rotatable bonds is 5. The monoisotopic (exact) mass is 485 g/mol. The average molecular weight is 486 g/mol. The molecule has 1 aliphatic heterocycles. The lowest BCUT2D eigenvalue weighted by Gasteiger charge is -2.38. The van der Waals surface area contributed by atoms with Crippen molar-refractivity contribution in [2.45, 2.75) is 31.8 Å². The third-order valence-corrected chi connectivity index (χ3v) is 7.15. The van der Waals surface area contributed by atoms with Crippen LogP contribution in [0.1, 0.15) is 25.7 Å². The van der Waals surface area contributed by atoms with Crippen molar-refractivity contribution in [2.24, 2.45) is 0 Å². The first kappa shape index (κ1) is 22.5. The molecule has 0 amide bonds. The van der Waals surface area contributed by atoms with Crippen molar-refractivity contribution in [1.82, 2.24) is 15.0 Å². The predicted molar refractivity (Wildman–Crippen MR) is 139 cm³/mol. The van der Waals surface area contributed by atoms with Gasteiger partial charge in [-0.25, -0.2) is 4.39 Å². The Morgan fingerprint density at radius 2 is 1.58 bits per heavy atom. The Labute approximate surface area is 208 Å². The van der Waals surface area contributed by atoms with Gasteiger partial charge in [-0.1, -0.05) is 23.4 Å². The van der Waals surface area contributed by atoms with E-state index in [1.807, 2.05) is 36.4 Å². The van der Waals surface area contributed by atoms with Crippen LogP contribution in [-0.2, 0) is 0 Å². The van der Waals surface area contributed by atoms with Crippen molar-refractivity contribution >= 4 is 22.3 Å². The number of nitrogens with zero attached hydrogens (tertiary/aromatic N) is 5. The molecule has 1 saturated heterocycles. The van der Waals surface area contributed by atoms with Crippen LogP contribution in [0.3, 0.4) is 0 Å². The molecule has 0 N–H and O–H groups in total. The van der Waals surface area contributed by atoms with Crippen LogP contribution in [0.25, 0.3) is 16.6 Å². The van der Waals surface area contributed by atoms with Gasteiger partial charge in [-0.2, -0.15) is 4.68 Å². The van der Waals surface area contributed by atoms with Gasteiger partial charge >= 0.3 is 0 Å². The topological polar surface area (TPSA) is 63.5 Å². The van der Waals surface area contributed by atoms with Crippen molar-refractivity contribution < 1.29 is 9.13 Å². The highest BCUT2D eigenvalue weighted by Gasteiger charge is 2.24.